The molecule has 9 heteroatoms. The van der Waals surface area contributed by atoms with E-state index in [1.165, 1.54) is 24.1 Å². The Hall–Kier alpha value is -3.69. The molecule has 2 unspecified atom stereocenters. The first-order chi connectivity index (χ1) is 16.3. The van der Waals surface area contributed by atoms with Crippen molar-refractivity contribution < 1.29 is 27.9 Å². The standard InChI is InChI=1S/C25H24N2O6S/c1-33-20-14-12-19(13-15-20)23-24(25(29)30)27(34(31,32)21-10-6-3-7-11-21)17-22(28)26(23)16-18-8-4-2-5-9-18/h2-15,23-24H,16-17H2,1H3,(H,29,30). The van der Waals surface area contributed by atoms with Crippen LogP contribution in [0.2, 0.25) is 0 Å². The second kappa shape index (κ2) is 9.66. The summed E-state index contributed by atoms with van der Waals surface area (Å²) in [6.45, 7) is -0.437. The summed E-state index contributed by atoms with van der Waals surface area (Å²) in [5.41, 5.74) is 1.29. The molecule has 176 valence electrons. The molecule has 0 aromatic heterocycles. The van der Waals surface area contributed by atoms with Gasteiger partial charge in [0.1, 0.15) is 11.8 Å². The third-order valence-corrected chi connectivity index (χ3v) is 7.65. The van der Waals surface area contributed by atoms with Crippen LogP contribution in [0.15, 0.2) is 89.8 Å². The van der Waals surface area contributed by atoms with Gasteiger partial charge in [-0.05, 0) is 35.4 Å². The minimum atomic E-state index is -4.26. The van der Waals surface area contributed by atoms with Gasteiger partial charge in [-0.3, -0.25) is 9.59 Å². The lowest BCUT2D eigenvalue weighted by molar-refractivity contribution is -0.153. The van der Waals surface area contributed by atoms with Gasteiger partial charge in [-0.1, -0.05) is 60.7 Å². The maximum absolute atomic E-state index is 13.5. The Morgan fingerprint density at radius 2 is 1.56 bits per heavy atom. The molecule has 0 spiro atoms. The summed E-state index contributed by atoms with van der Waals surface area (Å²) in [5, 5.41) is 10.3. The SMILES string of the molecule is COc1ccc(C2C(C(=O)O)N(S(=O)(=O)c3ccccc3)CC(=O)N2Cc2ccccc2)cc1. The zero-order valence-electron chi connectivity index (χ0n) is 18.4. The number of hydrogen-bond acceptors (Lipinski definition) is 5. The Bertz CT molecular complexity index is 1260. The van der Waals surface area contributed by atoms with E-state index >= 15 is 0 Å². The molecule has 1 aliphatic heterocycles. The number of carboxylic acid groups (broad SMARTS) is 1. The third-order valence-electron chi connectivity index (χ3n) is 5.81. The van der Waals surface area contributed by atoms with Crippen molar-refractivity contribution in [1.82, 2.24) is 9.21 Å². The minimum Gasteiger partial charge on any atom is -0.497 e. The zero-order chi connectivity index (χ0) is 24.3. The van der Waals surface area contributed by atoms with Crippen LogP contribution in [0, 0.1) is 0 Å². The number of carboxylic acids is 1. The summed E-state index contributed by atoms with van der Waals surface area (Å²) in [6, 6.07) is 20.8. The normalized spacial score (nSPS) is 19.1. The number of hydrogen-bond donors (Lipinski definition) is 1. The van der Waals surface area contributed by atoms with Gasteiger partial charge in [0, 0.05) is 6.54 Å². The van der Waals surface area contributed by atoms with Crippen LogP contribution in [0.25, 0.3) is 0 Å². The number of sulfonamides is 1. The predicted octanol–water partition coefficient (Wildman–Crippen LogP) is 2.92. The summed E-state index contributed by atoms with van der Waals surface area (Å²) < 4.78 is 32.9. The average molecular weight is 481 g/mol. The van der Waals surface area contributed by atoms with Crippen LogP contribution >= 0.6 is 0 Å². The lowest BCUT2D eigenvalue weighted by atomic mass is 9.94. The van der Waals surface area contributed by atoms with Crippen molar-refractivity contribution >= 4 is 21.9 Å². The van der Waals surface area contributed by atoms with Crippen molar-refractivity contribution in [2.45, 2.75) is 23.5 Å². The highest BCUT2D eigenvalue weighted by atomic mass is 32.2. The second-order valence-electron chi connectivity index (χ2n) is 7.87. The Kier molecular flexibility index (Phi) is 6.67. The number of piperazine rings is 1. The van der Waals surface area contributed by atoms with Gasteiger partial charge in [-0.15, -0.1) is 0 Å². The molecule has 0 saturated carbocycles. The minimum absolute atomic E-state index is 0.0703. The van der Waals surface area contributed by atoms with Crippen molar-refractivity contribution in [2.75, 3.05) is 13.7 Å². The number of carbonyl (C=O) groups is 2. The van der Waals surface area contributed by atoms with Gasteiger partial charge < -0.3 is 14.7 Å². The summed E-state index contributed by atoms with van der Waals surface area (Å²) in [7, 11) is -2.75. The second-order valence-corrected chi connectivity index (χ2v) is 9.76. The van der Waals surface area contributed by atoms with Gasteiger partial charge in [-0.25, -0.2) is 8.42 Å². The van der Waals surface area contributed by atoms with E-state index < -0.39 is 40.5 Å². The summed E-state index contributed by atoms with van der Waals surface area (Å²) in [6.07, 6.45) is 0. The van der Waals surface area contributed by atoms with Crippen LogP contribution in [0.3, 0.4) is 0 Å². The Morgan fingerprint density at radius 1 is 0.971 bits per heavy atom. The molecule has 2 atom stereocenters. The van der Waals surface area contributed by atoms with Crippen LogP contribution in [0.1, 0.15) is 17.2 Å². The topological polar surface area (TPSA) is 104 Å². The number of rotatable bonds is 7. The molecule has 3 aromatic rings. The molecule has 0 radical (unpaired) electrons. The molecule has 34 heavy (non-hydrogen) atoms. The molecule has 1 aliphatic rings. The van der Waals surface area contributed by atoms with E-state index in [0.29, 0.717) is 11.3 Å². The fraction of sp³-hybridized carbons (Fsp3) is 0.200. The van der Waals surface area contributed by atoms with Crippen LogP contribution in [0.4, 0.5) is 0 Å². The molecule has 4 rings (SSSR count). The van der Waals surface area contributed by atoms with E-state index in [1.807, 2.05) is 30.3 Å². The van der Waals surface area contributed by atoms with E-state index in [-0.39, 0.29) is 11.4 Å². The predicted molar refractivity (Wildman–Crippen MR) is 124 cm³/mol. The molecule has 0 bridgehead atoms. The van der Waals surface area contributed by atoms with Crippen LogP contribution < -0.4 is 4.74 Å². The van der Waals surface area contributed by atoms with Crippen LogP contribution in [-0.4, -0.2) is 54.3 Å². The number of aliphatic carboxylic acids is 1. The van der Waals surface area contributed by atoms with Gasteiger partial charge in [-0.2, -0.15) is 4.31 Å². The number of amides is 1. The van der Waals surface area contributed by atoms with Crippen molar-refractivity contribution in [3.63, 3.8) is 0 Å². The number of carbonyl (C=O) groups excluding carboxylic acids is 1. The van der Waals surface area contributed by atoms with Gasteiger partial charge in [0.05, 0.1) is 24.6 Å². The maximum atomic E-state index is 13.5. The number of ether oxygens (including phenoxy) is 1. The average Bonchev–Trinajstić information content (AvgIpc) is 2.86. The molecule has 3 aromatic carbocycles. The van der Waals surface area contributed by atoms with Gasteiger partial charge in [0.15, 0.2) is 0 Å². The van der Waals surface area contributed by atoms with Crippen molar-refractivity contribution in [2.24, 2.45) is 0 Å². The lowest BCUT2D eigenvalue weighted by Crippen LogP contribution is -2.61. The monoisotopic (exact) mass is 480 g/mol. The van der Waals surface area contributed by atoms with E-state index in [0.717, 1.165) is 9.87 Å². The number of nitrogens with zero attached hydrogens (tertiary/aromatic N) is 2. The van der Waals surface area contributed by atoms with E-state index in [9.17, 15) is 23.1 Å². The number of methoxy groups -OCH3 is 1. The van der Waals surface area contributed by atoms with E-state index in [1.54, 1.807) is 42.5 Å². The lowest BCUT2D eigenvalue weighted by Gasteiger charge is -2.44. The molecule has 1 amide bonds. The quantitative estimate of drug-likeness (QED) is 0.558. The summed E-state index contributed by atoms with van der Waals surface area (Å²) in [4.78, 5) is 27.3. The maximum Gasteiger partial charge on any atom is 0.324 e. The third kappa shape index (κ3) is 4.52. The van der Waals surface area contributed by atoms with Crippen LogP contribution in [0.5, 0.6) is 5.75 Å². The summed E-state index contributed by atoms with van der Waals surface area (Å²) >= 11 is 0. The highest BCUT2D eigenvalue weighted by Gasteiger charge is 2.50. The van der Waals surface area contributed by atoms with Gasteiger partial charge in [0.25, 0.3) is 0 Å². The molecular weight excluding hydrogens is 456 g/mol. The highest BCUT2D eigenvalue weighted by Crippen LogP contribution is 2.37. The molecular formula is C25H24N2O6S. The molecule has 1 saturated heterocycles. The highest BCUT2D eigenvalue weighted by molar-refractivity contribution is 7.89. The number of benzene rings is 3. The molecule has 8 nitrogen and oxygen atoms in total. The van der Waals surface area contributed by atoms with E-state index in [2.05, 4.69) is 0 Å². The zero-order valence-corrected chi connectivity index (χ0v) is 19.3. The van der Waals surface area contributed by atoms with Crippen molar-refractivity contribution in [3.8, 4) is 5.75 Å². The smallest absolute Gasteiger partial charge is 0.324 e. The van der Waals surface area contributed by atoms with Gasteiger partial charge in [0.2, 0.25) is 15.9 Å². The first-order valence-corrected chi connectivity index (χ1v) is 12.0. The summed E-state index contributed by atoms with van der Waals surface area (Å²) in [5.74, 6) is -1.27. The largest absolute Gasteiger partial charge is 0.497 e. The van der Waals surface area contributed by atoms with Gasteiger partial charge >= 0.3 is 5.97 Å². The Labute approximate surface area is 198 Å². The molecule has 1 N–H and O–H groups in total. The van der Waals surface area contributed by atoms with Crippen molar-refractivity contribution in [3.05, 3.63) is 96.1 Å². The fourth-order valence-electron chi connectivity index (χ4n) is 4.16. The fourth-order valence-corrected chi connectivity index (χ4v) is 5.71. The molecule has 1 heterocycles. The molecule has 0 aliphatic carbocycles. The first kappa shape index (κ1) is 23.5. The Balaban J connectivity index is 1.84. The van der Waals surface area contributed by atoms with E-state index in [4.69, 9.17) is 4.74 Å². The van der Waals surface area contributed by atoms with Crippen LogP contribution in [-0.2, 0) is 26.2 Å². The first-order valence-electron chi connectivity index (χ1n) is 10.6. The van der Waals surface area contributed by atoms with Crippen molar-refractivity contribution in [1.29, 1.82) is 0 Å². The molecule has 1 fully saturated rings. The Morgan fingerprint density at radius 3 is 2.12 bits per heavy atom.